The highest BCUT2D eigenvalue weighted by molar-refractivity contribution is 6.93. The maximum atomic E-state index is 7.71. The lowest BCUT2D eigenvalue weighted by atomic mass is 9.43. The van der Waals surface area contributed by atoms with Crippen molar-refractivity contribution in [3.8, 4) is 16.8 Å². The number of furan rings is 1. The first-order valence-electron chi connectivity index (χ1n) is 29.3. The van der Waals surface area contributed by atoms with Gasteiger partial charge in [-0.15, -0.1) is 0 Å². The van der Waals surface area contributed by atoms with E-state index in [0.717, 1.165) is 28.5 Å². The molecule has 408 valence electrons. The molecule has 79 heavy (non-hydrogen) atoms. The fourth-order valence-electron chi connectivity index (χ4n) is 12.7. The van der Waals surface area contributed by atoms with Crippen LogP contribution in [0.25, 0.3) is 49.6 Å². The van der Waals surface area contributed by atoms with Crippen LogP contribution >= 0.6 is 0 Å². The molecule has 0 fully saturated rings. The van der Waals surface area contributed by atoms with E-state index in [1.807, 2.05) is 0 Å². The Balaban J connectivity index is 1.29. The number of benzene rings is 7. The Bertz CT molecular complexity index is 3920. The van der Waals surface area contributed by atoms with Crippen LogP contribution in [0.4, 0.5) is 28.6 Å². The van der Waals surface area contributed by atoms with E-state index >= 15 is 0 Å². The lowest BCUT2D eigenvalue weighted by Crippen LogP contribution is -2.60. The largest absolute Gasteiger partial charge is 0.440 e. The normalized spacial score (nSPS) is 14.2. The van der Waals surface area contributed by atoms with Crippen LogP contribution < -0.4 is 20.6 Å². The zero-order valence-electron chi connectivity index (χ0n) is 52.3. The summed E-state index contributed by atoms with van der Waals surface area (Å²) in [6, 6.07) is 46.0. The van der Waals surface area contributed by atoms with Crippen LogP contribution in [0.3, 0.4) is 0 Å². The number of nitrogens with zero attached hydrogens (tertiary/aromatic N) is 3. The summed E-state index contributed by atoms with van der Waals surface area (Å²) >= 11 is 0. The van der Waals surface area contributed by atoms with Gasteiger partial charge in [0, 0.05) is 44.5 Å². The second-order valence-electron chi connectivity index (χ2n) is 31.0. The van der Waals surface area contributed by atoms with E-state index in [1.54, 1.807) is 0 Å². The summed E-state index contributed by atoms with van der Waals surface area (Å²) in [7, 11) is 0. The van der Waals surface area contributed by atoms with E-state index in [-0.39, 0.29) is 44.8 Å². The second-order valence-corrected chi connectivity index (χ2v) is 31.0. The first-order valence-corrected chi connectivity index (χ1v) is 29.3. The molecule has 2 aliphatic heterocycles. The van der Waals surface area contributed by atoms with Crippen LogP contribution in [0.15, 0.2) is 120 Å². The van der Waals surface area contributed by atoms with Crippen LogP contribution in [-0.2, 0) is 37.9 Å². The molecule has 0 bridgehead atoms. The third kappa shape index (κ3) is 8.96. The van der Waals surface area contributed by atoms with Crippen LogP contribution in [0.1, 0.15) is 195 Å². The quantitative estimate of drug-likeness (QED) is 0.164. The predicted octanol–water partition coefficient (Wildman–Crippen LogP) is 19.9. The van der Waals surface area contributed by atoms with E-state index in [9.17, 15) is 0 Å². The molecule has 0 saturated carbocycles. The van der Waals surface area contributed by atoms with Crippen molar-refractivity contribution < 1.29 is 4.42 Å². The number of anilines is 5. The molecule has 2 aliphatic rings. The van der Waals surface area contributed by atoms with Crippen molar-refractivity contribution in [1.82, 2.24) is 4.57 Å². The Hall–Kier alpha value is -6.46. The number of hydrogen-bond acceptors (Lipinski definition) is 3. The molecule has 4 nitrogen and oxygen atoms in total. The molecule has 0 atom stereocenters. The lowest BCUT2D eigenvalue weighted by Gasteiger charge is -2.41. The maximum Gasteiger partial charge on any atom is 0.336 e. The number of aromatic nitrogens is 1. The standard InChI is InChI=1S/C74H88BN3O/c1-43-34-47(70(9,10)11)35-44(2)64(43)76(51-28-24-45(25-29-51)68(3,4)5)53-32-33-60-54(42-53)55-36-49(72(15,16)17)40-59-65(55)77(60)61-41-50(73(18,19)20)37-56-62-57-38-48(71(12,13)14)39-58(74(21,22)23)66(57)79-67(62)78(75(59)63(56)61)52-30-26-46(27-31-52)69(6,7)8/h24-42H,1-23H3. The average Bonchev–Trinajstić information content (AvgIpc) is 2.27. The molecular formula is C74H88BN3O. The molecule has 0 unspecified atom stereocenters. The van der Waals surface area contributed by atoms with Crippen molar-refractivity contribution in [2.45, 2.75) is 197 Å². The van der Waals surface area contributed by atoms with Gasteiger partial charge in [-0.3, -0.25) is 0 Å². The molecule has 0 amide bonds. The topological polar surface area (TPSA) is 24.6 Å². The highest BCUT2D eigenvalue weighted by Gasteiger charge is 2.48. The zero-order valence-corrected chi connectivity index (χ0v) is 52.3. The number of rotatable bonds is 4. The van der Waals surface area contributed by atoms with Crippen LogP contribution in [0.5, 0.6) is 0 Å². The van der Waals surface area contributed by atoms with Crippen LogP contribution in [0.2, 0.25) is 0 Å². The van der Waals surface area contributed by atoms with E-state index in [0.29, 0.717) is 0 Å². The van der Waals surface area contributed by atoms with Gasteiger partial charge in [0.1, 0.15) is 5.58 Å². The zero-order chi connectivity index (χ0) is 57.4. The maximum absolute atomic E-state index is 7.71. The molecular weight excluding hydrogens is 958 g/mol. The third-order valence-electron chi connectivity index (χ3n) is 17.6. The Labute approximate surface area is 474 Å². The lowest BCUT2D eigenvalue weighted by molar-refractivity contribution is 0.552. The predicted molar refractivity (Wildman–Crippen MR) is 345 cm³/mol. The Morgan fingerprint density at radius 3 is 1.44 bits per heavy atom. The van der Waals surface area contributed by atoms with E-state index < -0.39 is 0 Å². The summed E-state index contributed by atoms with van der Waals surface area (Å²) in [5.41, 5.74) is 25.6. The Morgan fingerprint density at radius 1 is 0.430 bits per heavy atom. The van der Waals surface area contributed by atoms with Crippen molar-refractivity contribution in [1.29, 1.82) is 0 Å². The minimum absolute atomic E-state index is 0.00436. The molecule has 9 aromatic rings. The minimum Gasteiger partial charge on any atom is -0.440 e. The summed E-state index contributed by atoms with van der Waals surface area (Å²) in [6.07, 6.45) is 0. The van der Waals surface area contributed by atoms with Gasteiger partial charge in [0.25, 0.3) is 0 Å². The number of fused-ring (bicyclic) bond motifs is 9. The van der Waals surface area contributed by atoms with Gasteiger partial charge in [-0.1, -0.05) is 200 Å². The van der Waals surface area contributed by atoms with Crippen molar-refractivity contribution >= 4 is 79.2 Å². The number of hydrogen-bond donors (Lipinski definition) is 0. The second kappa shape index (κ2) is 17.5. The Morgan fingerprint density at radius 2 is 0.911 bits per heavy atom. The molecule has 0 aliphatic carbocycles. The fourth-order valence-corrected chi connectivity index (χ4v) is 12.7. The molecule has 5 heteroatoms. The highest BCUT2D eigenvalue weighted by atomic mass is 16.4. The van der Waals surface area contributed by atoms with E-state index in [1.165, 1.54) is 111 Å². The Kier molecular flexibility index (Phi) is 12.1. The summed E-state index contributed by atoms with van der Waals surface area (Å²) in [5.74, 6) is 0.919. The molecule has 0 N–H and O–H groups in total. The van der Waals surface area contributed by atoms with Crippen LogP contribution in [-0.4, -0.2) is 11.4 Å². The van der Waals surface area contributed by atoms with Crippen molar-refractivity contribution in [2.24, 2.45) is 0 Å². The minimum atomic E-state index is -0.196. The molecule has 4 heterocycles. The van der Waals surface area contributed by atoms with Gasteiger partial charge in [-0.2, -0.15) is 0 Å². The van der Waals surface area contributed by atoms with Crippen molar-refractivity contribution in [2.75, 3.05) is 9.71 Å². The summed E-state index contributed by atoms with van der Waals surface area (Å²) in [5, 5.41) is 3.71. The van der Waals surface area contributed by atoms with E-state index in [2.05, 4.69) is 289 Å². The summed E-state index contributed by atoms with van der Waals surface area (Å²) in [6.45, 7) is 53.5. The average molecular weight is 1050 g/mol. The van der Waals surface area contributed by atoms with Gasteiger partial charge in [-0.05, 0) is 173 Å². The van der Waals surface area contributed by atoms with Crippen LogP contribution in [0, 0.1) is 13.8 Å². The first-order chi connectivity index (χ1) is 36.4. The monoisotopic (exact) mass is 1050 g/mol. The smallest absolute Gasteiger partial charge is 0.336 e. The van der Waals surface area contributed by atoms with Gasteiger partial charge in [0.05, 0.1) is 22.3 Å². The highest BCUT2D eigenvalue weighted by Crippen LogP contribution is 2.53. The van der Waals surface area contributed by atoms with Gasteiger partial charge in [0.2, 0.25) is 0 Å². The molecule has 0 spiro atoms. The van der Waals surface area contributed by atoms with Crippen molar-refractivity contribution in [3.05, 3.63) is 165 Å². The van der Waals surface area contributed by atoms with Gasteiger partial charge < -0.3 is 18.7 Å². The summed E-state index contributed by atoms with van der Waals surface area (Å²) in [4.78, 5) is 5.13. The fraction of sp³-hybridized carbons (Fsp3) is 0.405. The third-order valence-corrected chi connectivity index (χ3v) is 17.6. The van der Waals surface area contributed by atoms with Gasteiger partial charge in [-0.25, -0.2) is 0 Å². The molecule has 11 rings (SSSR count). The SMILES string of the molecule is Cc1cc(C(C)(C)C)cc(C)c1N(c1ccc(C(C)(C)C)cc1)c1ccc2c(c1)c1cc(C(C)(C)C)cc3c1n2-c1cc(C(C)(C)C)cc2c1B3N(c1ccc(C(C)(C)C)cc1)c1oc3c(C(C)(C)C)cc(C(C)(C)C)cc3c1-2. The molecule has 7 aromatic carbocycles. The first kappa shape index (κ1) is 54.5. The molecule has 2 aromatic heterocycles. The molecule has 0 saturated heterocycles. The van der Waals surface area contributed by atoms with E-state index in [4.69, 9.17) is 4.42 Å². The summed E-state index contributed by atoms with van der Waals surface area (Å²) < 4.78 is 10.4. The van der Waals surface area contributed by atoms with Gasteiger partial charge in [0.15, 0.2) is 5.88 Å². The number of aryl methyl sites for hydroxylation is 2. The molecule has 0 radical (unpaired) electrons. The van der Waals surface area contributed by atoms with Gasteiger partial charge >= 0.3 is 6.85 Å². The van der Waals surface area contributed by atoms with Crippen molar-refractivity contribution in [3.63, 3.8) is 0 Å².